The maximum absolute atomic E-state index is 2.33. The van der Waals surface area contributed by atoms with Crippen molar-refractivity contribution in [1.82, 2.24) is 0 Å². The molecule has 0 bridgehead atoms. The molecule has 0 saturated heterocycles. The van der Waals surface area contributed by atoms with Gasteiger partial charge >= 0.3 is 0 Å². The Morgan fingerprint density at radius 3 is 2.67 bits per heavy atom. The summed E-state index contributed by atoms with van der Waals surface area (Å²) in [6.45, 7) is 8.72. The first kappa shape index (κ1) is 12.0. The van der Waals surface area contributed by atoms with E-state index in [0.29, 0.717) is 0 Å². The Morgan fingerprint density at radius 2 is 2.07 bits per heavy atom. The molecule has 0 aliphatic carbocycles. The summed E-state index contributed by atoms with van der Waals surface area (Å²) in [6.07, 6.45) is 5.95. The van der Waals surface area contributed by atoms with Crippen molar-refractivity contribution in [2.45, 2.75) is 47.0 Å². The lowest BCUT2D eigenvalue weighted by Gasteiger charge is -2.10. The standard InChI is InChI=1S/C15H22/c1-5-7-8-14-11-12(3)9-10-15(14)13(4)6-2/h6,9-11H,5,7-8H2,1-4H3/b13-6-. The molecule has 0 heteroatoms. The minimum absolute atomic E-state index is 1.21. The molecule has 0 aromatic heterocycles. The lowest BCUT2D eigenvalue weighted by molar-refractivity contribution is 0.793. The summed E-state index contributed by atoms with van der Waals surface area (Å²) >= 11 is 0. The van der Waals surface area contributed by atoms with Crippen LogP contribution in [0, 0.1) is 6.92 Å². The van der Waals surface area contributed by atoms with Gasteiger partial charge in [0.1, 0.15) is 0 Å². The molecule has 0 radical (unpaired) electrons. The van der Waals surface area contributed by atoms with Gasteiger partial charge in [-0.05, 0) is 50.3 Å². The van der Waals surface area contributed by atoms with E-state index < -0.39 is 0 Å². The SMILES string of the molecule is C/C=C(/C)c1ccc(C)cc1CCCC. The Labute approximate surface area is 94.0 Å². The van der Waals surface area contributed by atoms with Crippen molar-refractivity contribution in [1.29, 1.82) is 0 Å². The van der Waals surface area contributed by atoms with Crippen LogP contribution in [0.2, 0.25) is 0 Å². The predicted molar refractivity (Wildman–Crippen MR) is 69.1 cm³/mol. The summed E-state index contributed by atoms with van der Waals surface area (Å²) in [7, 11) is 0. The molecule has 0 unspecified atom stereocenters. The molecular weight excluding hydrogens is 180 g/mol. The molecule has 15 heavy (non-hydrogen) atoms. The quantitative estimate of drug-likeness (QED) is 0.660. The van der Waals surface area contributed by atoms with Gasteiger partial charge in [0.2, 0.25) is 0 Å². The zero-order valence-corrected chi connectivity index (χ0v) is 10.4. The van der Waals surface area contributed by atoms with E-state index in [9.17, 15) is 0 Å². The maximum atomic E-state index is 2.33. The van der Waals surface area contributed by atoms with Crippen LogP contribution >= 0.6 is 0 Å². The lowest BCUT2D eigenvalue weighted by atomic mass is 9.95. The van der Waals surface area contributed by atoms with E-state index >= 15 is 0 Å². The molecule has 0 saturated carbocycles. The lowest BCUT2D eigenvalue weighted by Crippen LogP contribution is -1.93. The van der Waals surface area contributed by atoms with Gasteiger partial charge in [-0.15, -0.1) is 0 Å². The molecule has 0 nitrogen and oxygen atoms in total. The number of aryl methyl sites for hydroxylation is 2. The van der Waals surface area contributed by atoms with Crippen molar-refractivity contribution in [2.75, 3.05) is 0 Å². The van der Waals surface area contributed by atoms with Crippen LogP contribution in [0.4, 0.5) is 0 Å². The van der Waals surface area contributed by atoms with Crippen LogP contribution < -0.4 is 0 Å². The first-order chi connectivity index (χ1) is 7.19. The van der Waals surface area contributed by atoms with Crippen LogP contribution in [0.5, 0.6) is 0 Å². The largest absolute Gasteiger partial charge is 0.0841 e. The second kappa shape index (κ2) is 5.75. The molecule has 0 N–H and O–H groups in total. The highest BCUT2D eigenvalue weighted by Crippen LogP contribution is 2.21. The molecule has 1 aromatic rings. The third-order valence-corrected chi connectivity index (χ3v) is 2.92. The molecule has 0 atom stereocenters. The summed E-state index contributed by atoms with van der Waals surface area (Å²) in [6, 6.07) is 6.80. The molecule has 1 aromatic carbocycles. The summed E-state index contributed by atoms with van der Waals surface area (Å²) in [5, 5.41) is 0. The predicted octanol–water partition coefficient (Wildman–Crippen LogP) is 4.76. The molecule has 0 fully saturated rings. The molecule has 1 rings (SSSR count). The van der Waals surface area contributed by atoms with Gasteiger partial charge in [0, 0.05) is 0 Å². The average molecular weight is 202 g/mol. The van der Waals surface area contributed by atoms with Crippen molar-refractivity contribution in [3.05, 3.63) is 41.0 Å². The number of hydrogen-bond acceptors (Lipinski definition) is 0. The number of benzene rings is 1. The Hall–Kier alpha value is -1.04. The van der Waals surface area contributed by atoms with Gasteiger partial charge in [0.05, 0.1) is 0 Å². The van der Waals surface area contributed by atoms with Crippen LogP contribution in [-0.4, -0.2) is 0 Å². The van der Waals surface area contributed by atoms with Crippen LogP contribution in [0.25, 0.3) is 5.57 Å². The van der Waals surface area contributed by atoms with E-state index in [1.165, 1.54) is 41.5 Å². The monoisotopic (exact) mass is 202 g/mol. The highest BCUT2D eigenvalue weighted by atomic mass is 14.1. The van der Waals surface area contributed by atoms with Crippen LogP contribution in [-0.2, 0) is 6.42 Å². The second-order valence-corrected chi connectivity index (χ2v) is 4.24. The number of allylic oxidation sites excluding steroid dienone is 2. The van der Waals surface area contributed by atoms with Gasteiger partial charge in [-0.25, -0.2) is 0 Å². The van der Waals surface area contributed by atoms with E-state index in [2.05, 4.69) is 52.0 Å². The van der Waals surface area contributed by atoms with Gasteiger partial charge in [0.25, 0.3) is 0 Å². The molecule has 0 aliphatic rings. The number of hydrogen-bond donors (Lipinski definition) is 0. The third-order valence-electron chi connectivity index (χ3n) is 2.92. The second-order valence-electron chi connectivity index (χ2n) is 4.24. The summed E-state index contributed by atoms with van der Waals surface area (Å²) < 4.78 is 0. The van der Waals surface area contributed by atoms with Crippen molar-refractivity contribution in [3.63, 3.8) is 0 Å². The van der Waals surface area contributed by atoms with Crippen molar-refractivity contribution < 1.29 is 0 Å². The van der Waals surface area contributed by atoms with Crippen molar-refractivity contribution in [2.24, 2.45) is 0 Å². The summed E-state index contributed by atoms with van der Waals surface area (Å²) in [5.74, 6) is 0. The van der Waals surface area contributed by atoms with E-state index in [1.54, 1.807) is 0 Å². The van der Waals surface area contributed by atoms with Crippen molar-refractivity contribution >= 4 is 5.57 Å². The highest BCUT2D eigenvalue weighted by Gasteiger charge is 2.03. The summed E-state index contributed by atoms with van der Waals surface area (Å²) in [4.78, 5) is 0. The average Bonchev–Trinajstić information content (AvgIpc) is 2.25. The first-order valence-electron chi connectivity index (χ1n) is 5.91. The Bertz CT molecular complexity index is 345. The Balaban J connectivity index is 3.03. The van der Waals surface area contributed by atoms with Crippen molar-refractivity contribution in [3.8, 4) is 0 Å². The molecule has 0 aliphatic heterocycles. The number of rotatable bonds is 4. The van der Waals surface area contributed by atoms with Crippen LogP contribution in [0.3, 0.4) is 0 Å². The Kier molecular flexibility index (Phi) is 4.61. The molecule has 82 valence electrons. The topological polar surface area (TPSA) is 0 Å². The van der Waals surface area contributed by atoms with E-state index in [4.69, 9.17) is 0 Å². The molecule has 0 heterocycles. The van der Waals surface area contributed by atoms with Crippen LogP contribution in [0.15, 0.2) is 24.3 Å². The van der Waals surface area contributed by atoms with E-state index in [1.807, 2.05) is 0 Å². The molecular formula is C15H22. The fraction of sp³-hybridized carbons (Fsp3) is 0.467. The third kappa shape index (κ3) is 3.23. The molecule has 0 spiro atoms. The van der Waals surface area contributed by atoms with Gasteiger partial charge in [-0.2, -0.15) is 0 Å². The van der Waals surface area contributed by atoms with E-state index in [0.717, 1.165) is 0 Å². The molecule has 0 amide bonds. The summed E-state index contributed by atoms with van der Waals surface area (Å²) in [5.41, 5.74) is 5.69. The van der Waals surface area contributed by atoms with Gasteiger partial charge in [0.15, 0.2) is 0 Å². The Morgan fingerprint density at radius 1 is 1.33 bits per heavy atom. The zero-order valence-electron chi connectivity index (χ0n) is 10.4. The van der Waals surface area contributed by atoms with Gasteiger partial charge in [-0.1, -0.05) is 43.2 Å². The first-order valence-corrected chi connectivity index (χ1v) is 5.91. The highest BCUT2D eigenvalue weighted by molar-refractivity contribution is 5.66. The zero-order chi connectivity index (χ0) is 11.3. The van der Waals surface area contributed by atoms with E-state index in [-0.39, 0.29) is 0 Å². The maximum Gasteiger partial charge on any atom is -0.0198 e. The van der Waals surface area contributed by atoms with Crippen LogP contribution in [0.1, 0.15) is 50.3 Å². The van der Waals surface area contributed by atoms with Gasteiger partial charge in [-0.3, -0.25) is 0 Å². The normalized spacial score (nSPS) is 11.9. The fourth-order valence-electron chi connectivity index (χ4n) is 1.84. The smallest absolute Gasteiger partial charge is 0.0198 e. The minimum Gasteiger partial charge on any atom is -0.0841 e. The van der Waals surface area contributed by atoms with Gasteiger partial charge < -0.3 is 0 Å². The number of unbranched alkanes of at least 4 members (excludes halogenated alkanes) is 1. The minimum atomic E-state index is 1.21. The fourth-order valence-corrected chi connectivity index (χ4v) is 1.84.